The lowest BCUT2D eigenvalue weighted by Gasteiger charge is -2.23. The van der Waals surface area contributed by atoms with Crippen LogP contribution < -0.4 is 4.90 Å². The van der Waals surface area contributed by atoms with E-state index in [0.29, 0.717) is 18.8 Å². The van der Waals surface area contributed by atoms with Crippen LogP contribution in [0.4, 0.5) is 5.69 Å². The van der Waals surface area contributed by atoms with Gasteiger partial charge in [-0.15, -0.1) is 5.10 Å². The minimum absolute atomic E-state index is 0.0160. The van der Waals surface area contributed by atoms with Crippen LogP contribution in [0.1, 0.15) is 24.5 Å². The Morgan fingerprint density at radius 3 is 2.68 bits per heavy atom. The molecule has 0 aliphatic rings. The van der Waals surface area contributed by atoms with Crippen LogP contribution in [0, 0.1) is 0 Å². The molecule has 7 heteroatoms. The smallest absolute Gasteiger partial charge is 0.227 e. The van der Waals surface area contributed by atoms with E-state index in [2.05, 4.69) is 20.6 Å². The van der Waals surface area contributed by atoms with Crippen LogP contribution in [0.2, 0.25) is 0 Å². The molecule has 0 bridgehead atoms. The summed E-state index contributed by atoms with van der Waals surface area (Å²) in [5, 5.41) is 23.1. The quantitative estimate of drug-likeness (QED) is 0.720. The van der Waals surface area contributed by atoms with Gasteiger partial charge >= 0.3 is 0 Å². The number of hydrogen-bond donors (Lipinski definition) is 2. The molecule has 1 heterocycles. The Hall–Kier alpha value is -3.06. The van der Waals surface area contributed by atoms with Gasteiger partial charge in [0.25, 0.3) is 0 Å². The van der Waals surface area contributed by atoms with E-state index < -0.39 is 0 Å². The second kappa shape index (κ2) is 7.67. The van der Waals surface area contributed by atoms with Crippen LogP contribution in [0.5, 0.6) is 0 Å². The number of aliphatic hydroxyl groups excluding tert-OH is 1. The fraction of sp³-hybridized carbons (Fsp3) is 0.222. The van der Waals surface area contributed by atoms with Crippen LogP contribution in [-0.2, 0) is 17.9 Å². The molecule has 7 nitrogen and oxygen atoms in total. The third kappa shape index (κ3) is 3.89. The number of tetrazole rings is 1. The molecular weight excluding hydrogens is 318 g/mol. The molecule has 2 N–H and O–H groups in total. The summed E-state index contributed by atoms with van der Waals surface area (Å²) < 4.78 is 0. The summed E-state index contributed by atoms with van der Waals surface area (Å²) in [5.41, 5.74) is 3.36. The topological polar surface area (TPSA) is 95.0 Å². The maximum atomic E-state index is 12.5. The van der Waals surface area contributed by atoms with Gasteiger partial charge in [-0.1, -0.05) is 43.3 Å². The van der Waals surface area contributed by atoms with Crippen molar-refractivity contribution in [1.82, 2.24) is 20.6 Å². The summed E-state index contributed by atoms with van der Waals surface area (Å²) in [6, 6.07) is 15.1. The highest BCUT2D eigenvalue weighted by atomic mass is 16.3. The van der Waals surface area contributed by atoms with Gasteiger partial charge in [0.15, 0.2) is 5.82 Å². The lowest BCUT2D eigenvalue weighted by Crippen LogP contribution is -2.29. The number of aliphatic hydroxyl groups is 1. The second-order valence-corrected chi connectivity index (χ2v) is 5.61. The molecule has 3 aromatic rings. The van der Waals surface area contributed by atoms with Crippen molar-refractivity contribution in [3.63, 3.8) is 0 Å². The van der Waals surface area contributed by atoms with Crippen molar-refractivity contribution >= 4 is 11.6 Å². The first-order valence-corrected chi connectivity index (χ1v) is 8.04. The molecule has 0 unspecified atom stereocenters. The first-order chi connectivity index (χ1) is 12.2. The average molecular weight is 337 g/mol. The Balaban J connectivity index is 1.93. The maximum Gasteiger partial charge on any atom is 0.227 e. The molecule has 0 aliphatic carbocycles. The van der Waals surface area contributed by atoms with Gasteiger partial charge in [-0.3, -0.25) is 4.79 Å². The molecule has 0 aliphatic heterocycles. The van der Waals surface area contributed by atoms with E-state index in [9.17, 15) is 9.90 Å². The number of H-pyrrole nitrogens is 1. The van der Waals surface area contributed by atoms with Gasteiger partial charge in [-0.2, -0.15) is 0 Å². The molecule has 0 radical (unpaired) electrons. The maximum absolute atomic E-state index is 12.5. The number of nitrogens with one attached hydrogen (secondary N) is 1. The average Bonchev–Trinajstić information content (AvgIpc) is 3.20. The number of carbonyl (C=O) groups excluding carboxylic acids is 1. The summed E-state index contributed by atoms with van der Waals surface area (Å²) in [6.07, 6.45) is 0.397. The molecule has 0 saturated heterocycles. The van der Waals surface area contributed by atoms with Gasteiger partial charge in [-0.05, 0) is 33.7 Å². The van der Waals surface area contributed by atoms with Crippen molar-refractivity contribution in [3.8, 4) is 11.4 Å². The lowest BCUT2D eigenvalue weighted by molar-refractivity contribution is -0.118. The third-order valence-electron chi connectivity index (χ3n) is 3.89. The number of rotatable bonds is 6. The number of hydrogen-bond acceptors (Lipinski definition) is 5. The normalized spacial score (nSPS) is 10.6. The minimum Gasteiger partial charge on any atom is -0.392 e. The summed E-state index contributed by atoms with van der Waals surface area (Å²) in [6.45, 7) is 2.24. The highest BCUT2D eigenvalue weighted by Gasteiger charge is 2.16. The van der Waals surface area contributed by atoms with Crippen LogP contribution in [0.3, 0.4) is 0 Å². The van der Waals surface area contributed by atoms with Gasteiger partial charge in [0.05, 0.1) is 13.2 Å². The lowest BCUT2D eigenvalue weighted by atomic mass is 10.1. The number of carbonyl (C=O) groups is 1. The van der Waals surface area contributed by atoms with E-state index in [1.54, 1.807) is 4.90 Å². The zero-order valence-electron chi connectivity index (χ0n) is 13.9. The van der Waals surface area contributed by atoms with E-state index in [1.807, 2.05) is 55.5 Å². The Morgan fingerprint density at radius 2 is 1.96 bits per heavy atom. The molecule has 1 aromatic heterocycles. The van der Waals surface area contributed by atoms with Crippen LogP contribution in [-0.4, -0.2) is 31.6 Å². The molecule has 3 rings (SSSR count). The van der Waals surface area contributed by atoms with Crippen LogP contribution in [0.25, 0.3) is 11.4 Å². The number of nitrogens with zero attached hydrogens (tertiary/aromatic N) is 4. The van der Waals surface area contributed by atoms with Gasteiger partial charge in [0.2, 0.25) is 5.91 Å². The van der Waals surface area contributed by atoms with Gasteiger partial charge in [0, 0.05) is 17.7 Å². The highest BCUT2D eigenvalue weighted by Crippen LogP contribution is 2.24. The van der Waals surface area contributed by atoms with E-state index >= 15 is 0 Å². The summed E-state index contributed by atoms with van der Waals surface area (Å²) >= 11 is 0. The molecule has 2 aromatic carbocycles. The van der Waals surface area contributed by atoms with Crippen LogP contribution >= 0.6 is 0 Å². The zero-order valence-corrected chi connectivity index (χ0v) is 13.9. The Bertz CT molecular complexity index is 848. The molecule has 0 saturated carbocycles. The highest BCUT2D eigenvalue weighted by molar-refractivity contribution is 5.93. The van der Waals surface area contributed by atoms with Crippen molar-refractivity contribution in [3.05, 3.63) is 59.7 Å². The van der Waals surface area contributed by atoms with Crippen molar-refractivity contribution in [2.45, 2.75) is 26.5 Å². The zero-order chi connectivity index (χ0) is 17.6. The molecule has 25 heavy (non-hydrogen) atoms. The van der Waals surface area contributed by atoms with Gasteiger partial charge in [-0.25, -0.2) is 5.10 Å². The van der Waals surface area contributed by atoms with Crippen molar-refractivity contribution < 1.29 is 9.90 Å². The Morgan fingerprint density at radius 1 is 1.16 bits per heavy atom. The van der Waals surface area contributed by atoms with Crippen molar-refractivity contribution in [1.29, 1.82) is 0 Å². The molecule has 0 fully saturated rings. The molecule has 0 spiro atoms. The SMILES string of the molecule is CCC(=O)N(Cc1cccc(CO)c1)c1cccc(-c2nnn[nH]2)c1. The number of aromatic nitrogens is 4. The fourth-order valence-corrected chi connectivity index (χ4v) is 2.63. The molecule has 128 valence electrons. The van der Waals surface area contributed by atoms with Gasteiger partial charge in [0.1, 0.15) is 0 Å². The first-order valence-electron chi connectivity index (χ1n) is 8.04. The number of aromatic amines is 1. The third-order valence-corrected chi connectivity index (χ3v) is 3.89. The monoisotopic (exact) mass is 337 g/mol. The summed E-state index contributed by atoms with van der Waals surface area (Å²) in [7, 11) is 0. The van der Waals surface area contributed by atoms with E-state index in [-0.39, 0.29) is 12.5 Å². The number of anilines is 1. The number of benzene rings is 2. The summed E-state index contributed by atoms with van der Waals surface area (Å²) in [4.78, 5) is 14.2. The summed E-state index contributed by atoms with van der Waals surface area (Å²) in [5.74, 6) is 0.565. The Kier molecular flexibility index (Phi) is 5.15. The van der Waals surface area contributed by atoms with E-state index in [4.69, 9.17) is 0 Å². The van der Waals surface area contributed by atoms with Crippen LogP contribution in [0.15, 0.2) is 48.5 Å². The fourth-order valence-electron chi connectivity index (χ4n) is 2.63. The number of amides is 1. The second-order valence-electron chi connectivity index (χ2n) is 5.61. The standard InChI is InChI=1S/C18H19N5O2/c1-2-17(25)23(11-13-5-3-6-14(9-13)12-24)16-8-4-7-15(10-16)18-19-21-22-20-18/h3-10,24H,2,11-12H2,1H3,(H,19,20,21,22). The van der Waals surface area contributed by atoms with Crippen molar-refractivity contribution in [2.24, 2.45) is 0 Å². The van der Waals surface area contributed by atoms with Gasteiger partial charge < -0.3 is 10.0 Å². The largest absolute Gasteiger partial charge is 0.392 e. The molecule has 0 atom stereocenters. The predicted octanol–water partition coefficient (Wildman–Crippen LogP) is 2.30. The molecular formula is C18H19N5O2. The van der Waals surface area contributed by atoms with E-state index in [1.165, 1.54) is 0 Å². The Labute approximate surface area is 145 Å². The first kappa shape index (κ1) is 16.8. The molecule has 1 amide bonds. The minimum atomic E-state index is -0.0243. The van der Waals surface area contributed by atoms with E-state index in [0.717, 1.165) is 22.4 Å². The van der Waals surface area contributed by atoms with Crippen molar-refractivity contribution in [2.75, 3.05) is 4.90 Å². The predicted molar refractivity (Wildman–Crippen MR) is 93.5 cm³/mol.